The lowest BCUT2D eigenvalue weighted by Crippen LogP contribution is -2.58. The number of hydrogen-bond acceptors (Lipinski definition) is 6. The second kappa shape index (κ2) is 9.04. The van der Waals surface area contributed by atoms with E-state index in [0.29, 0.717) is 13.0 Å². The molecule has 35 heavy (non-hydrogen) atoms. The van der Waals surface area contributed by atoms with E-state index in [1.807, 2.05) is 89.2 Å². The van der Waals surface area contributed by atoms with Crippen LogP contribution in [0.3, 0.4) is 0 Å². The molecule has 0 amide bonds. The van der Waals surface area contributed by atoms with E-state index in [2.05, 4.69) is 5.32 Å². The summed E-state index contributed by atoms with van der Waals surface area (Å²) >= 11 is 0. The summed E-state index contributed by atoms with van der Waals surface area (Å²) in [4.78, 5) is 13.3. The predicted octanol–water partition coefficient (Wildman–Crippen LogP) is 3.66. The van der Waals surface area contributed by atoms with Gasteiger partial charge < -0.3 is 19.2 Å². The molecule has 1 unspecified atom stereocenters. The van der Waals surface area contributed by atoms with Gasteiger partial charge in [-0.1, -0.05) is 61.5 Å². The van der Waals surface area contributed by atoms with Crippen molar-refractivity contribution in [1.29, 1.82) is 0 Å². The zero-order valence-corrected chi connectivity index (χ0v) is 21.9. The second-order valence-corrected chi connectivity index (χ2v) is 11.7. The van der Waals surface area contributed by atoms with Gasteiger partial charge in [-0.15, -0.1) is 0 Å². The first-order valence-corrected chi connectivity index (χ1v) is 12.4. The normalized spacial score (nSPS) is 26.9. The molecule has 2 N–H and O–H groups in total. The Balaban J connectivity index is 1.49. The van der Waals surface area contributed by atoms with Crippen LogP contribution in [0.1, 0.15) is 71.9 Å². The Labute approximate surface area is 209 Å². The van der Waals surface area contributed by atoms with Gasteiger partial charge in [-0.25, -0.2) is 0 Å². The van der Waals surface area contributed by atoms with Crippen LogP contribution in [-0.4, -0.2) is 47.6 Å². The zero-order valence-electron chi connectivity index (χ0n) is 21.9. The van der Waals surface area contributed by atoms with Crippen LogP contribution in [0.15, 0.2) is 54.6 Å². The second-order valence-electron chi connectivity index (χ2n) is 11.7. The number of carbonyl (C=O) groups excluding carboxylic acids is 1. The summed E-state index contributed by atoms with van der Waals surface area (Å²) in [5.41, 5.74) is 0.136. The molecule has 0 bridgehead atoms. The quantitative estimate of drug-likeness (QED) is 0.487. The number of ether oxygens (including phenoxy) is 1. The van der Waals surface area contributed by atoms with Crippen molar-refractivity contribution in [2.75, 3.05) is 6.54 Å². The number of benzene rings is 2. The number of nitrogens with one attached hydrogen (secondary N) is 1. The maximum absolute atomic E-state index is 13.3. The lowest BCUT2D eigenvalue weighted by Gasteiger charge is -2.44. The van der Waals surface area contributed by atoms with Gasteiger partial charge in [-0.05, 0) is 58.1 Å². The third kappa shape index (κ3) is 5.19. The summed E-state index contributed by atoms with van der Waals surface area (Å²) in [5, 5.41) is 14.0. The summed E-state index contributed by atoms with van der Waals surface area (Å²) in [6.07, 6.45) is 0.298. The fourth-order valence-corrected chi connectivity index (χ4v) is 4.96. The van der Waals surface area contributed by atoms with Crippen LogP contribution in [0, 0.1) is 0 Å². The summed E-state index contributed by atoms with van der Waals surface area (Å²) in [7, 11) is -0.421. The number of cyclic esters (lactones) is 1. The van der Waals surface area contributed by atoms with E-state index in [1.54, 1.807) is 13.8 Å². The number of carbonyl (C=O) groups is 1. The average Bonchev–Trinajstić information content (AvgIpc) is 3.00. The molecular weight excluding hydrogens is 441 g/mol. The van der Waals surface area contributed by atoms with E-state index in [-0.39, 0.29) is 11.9 Å². The Bertz CT molecular complexity index is 1030. The first-order chi connectivity index (χ1) is 16.2. The summed E-state index contributed by atoms with van der Waals surface area (Å²) < 4.78 is 18.5. The molecule has 2 aromatic carbocycles. The molecule has 2 heterocycles. The van der Waals surface area contributed by atoms with E-state index in [4.69, 9.17) is 14.0 Å². The average molecular weight is 479 g/mol. The molecule has 188 valence electrons. The third-order valence-corrected chi connectivity index (χ3v) is 7.66. The van der Waals surface area contributed by atoms with Crippen LogP contribution in [0.4, 0.5) is 0 Å². The Morgan fingerprint density at radius 2 is 1.60 bits per heavy atom. The number of morpholine rings is 1. The van der Waals surface area contributed by atoms with Crippen LogP contribution < -0.4 is 10.8 Å². The minimum atomic E-state index is -1.00. The highest BCUT2D eigenvalue weighted by molar-refractivity contribution is 6.62. The maximum Gasteiger partial charge on any atom is 0.494 e. The standard InChI is InChI=1S/C28H38BNO5/c1-19(20-13-15-22(16-14-20)29-34-26(4,5)27(6,7)35-29)23-24(31)33-28(18-30-23,17-25(2,3)32)21-11-9-8-10-12-21/h8-16,19,23,30,32H,17-18H2,1-7H3/t19-,23-,28?/m0/s1. The maximum atomic E-state index is 13.3. The highest BCUT2D eigenvalue weighted by Crippen LogP contribution is 2.39. The van der Waals surface area contributed by atoms with E-state index in [9.17, 15) is 9.90 Å². The predicted molar refractivity (Wildman–Crippen MR) is 137 cm³/mol. The molecule has 4 rings (SSSR count). The van der Waals surface area contributed by atoms with Crippen molar-refractivity contribution in [2.24, 2.45) is 0 Å². The van der Waals surface area contributed by atoms with Crippen molar-refractivity contribution in [2.45, 2.75) is 89.3 Å². The van der Waals surface area contributed by atoms with Crippen LogP contribution in [0.5, 0.6) is 0 Å². The van der Waals surface area contributed by atoms with Crippen LogP contribution in [-0.2, 0) is 24.4 Å². The molecule has 2 fully saturated rings. The molecule has 0 spiro atoms. The minimum absolute atomic E-state index is 0.106. The fraction of sp³-hybridized carbons (Fsp3) is 0.536. The van der Waals surface area contributed by atoms with Crippen LogP contribution in [0.25, 0.3) is 0 Å². The van der Waals surface area contributed by atoms with Gasteiger partial charge in [-0.3, -0.25) is 10.1 Å². The lowest BCUT2D eigenvalue weighted by atomic mass is 9.77. The number of hydrogen-bond donors (Lipinski definition) is 2. The van der Waals surface area contributed by atoms with Gasteiger partial charge in [0.15, 0.2) is 5.60 Å². The van der Waals surface area contributed by atoms with Gasteiger partial charge in [0.1, 0.15) is 6.04 Å². The minimum Gasteiger partial charge on any atom is -0.452 e. The fourth-order valence-electron chi connectivity index (χ4n) is 4.96. The van der Waals surface area contributed by atoms with Crippen LogP contribution in [0.2, 0.25) is 0 Å². The molecule has 0 aromatic heterocycles. The van der Waals surface area contributed by atoms with Crippen molar-refractivity contribution in [3.63, 3.8) is 0 Å². The Kier molecular flexibility index (Phi) is 6.69. The highest BCUT2D eigenvalue weighted by atomic mass is 16.7. The van der Waals surface area contributed by atoms with Crippen molar-refractivity contribution in [1.82, 2.24) is 5.32 Å². The van der Waals surface area contributed by atoms with E-state index in [1.165, 1.54) is 0 Å². The molecule has 6 nitrogen and oxygen atoms in total. The highest BCUT2D eigenvalue weighted by Gasteiger charge is 2.52. The Hall–Kier alpha value is -2.19. The van der Waals surface area contributed by atoms with Gasteiger partial charge in [0.05, 0.1) is 16.8 Å². The van der Waals surface area contributed by atoms with Gasteiger partial charge >= 0.3 is 13.1 Å². The zero-order chi connectivity index (χ0) is 25.6. The largest absolute Gasteiger partial charge is 0.494 e. The SMILES string of the molecule is C[C@@H](c1ccc(B2OC(C)(C)C(C)(C)O2)cc1)[C@@H]1NCC(CC(C)(C)O)(c2ccccc2)OC1=O. The van der Waals surface area contributed by atoms with Crippen molar-refractivity contribution < 1.29 is 23.9 Å². The third-order valence-electron chi connectivity index (χ3n) is 7.66. The number of aliphatic hydroxyl groups is 1. The molecule has 2 aromatic rings. The molecule has 2 aliphatic heterocycles. The van der Waals surface area contributed by atoms with Crippen molar-refractivity contribution in [3.05, 3.63) is 65.7 Å². The first kappa shape index (κ1) is 25.9. The molecule has 2 aliphatic rings. The molecule has 0 saturated carbocycles. The summed E-state index contributed by atoms with van der Waals surface area (Å²) in [6, 6.07) is 17.2. The lowest BCUT2D eigenvalue weighted by molar-refractivity contribution is -0.179. The van der Waals surface area contributed by atoms with E-state index >= 15 is 0 Å². The monoisotopic (exact) mass is 479 g/mol. The topological polar surface area (TPSA) is 77.0 Å². The smallest absolute Gasteiger partial charge is 0.452 e. The van der Waals surface area contributed by atoms with Gasteiger partial charge in [-0.2, -0.15) is 0 Å². The molecule has 3 atom stereocenters. The van der Waals surface area contributed by atoms with Crippen LogP contribution >= 0.6 is 0 Å². The Morgan fingerprint density at radius 3 is 2.11 bits per heavy atom. The molecular formula is C28H38BNO5. The Morgan fingerprint density at radius 1 is 1.03 bits per heavy atom. The van der Waals surface area contributed by atoms with E-state index in [0.717, 1.165) is 16.6 Å². The van der Waals surface area contributed by atoms with Gasteiger partial charge in [0, 0.05) is 18.9 Å². The van der Waals surface area contributed by atoms with E-state index < -0.39 is 35.6 Å². The van der Waals surface area contributed by atoms with Gasteiger partial charge in [0.2, 0.25) is 0 Å². The molecule has 0 radical (unpaired) electrons. The summed E-state index contributed by atoms with van der Waals surface area (Å²) in [5.74, 6) is -0.419. The van der Waals surface area contributed by atoms with Crippen molar-refractivity contribution >= 4 is 18.6 Å². The first-order valence-electron chi connectivity index (χ1n) is 12.4. The molecule has 2 saturated heterocycles. The molecule has 0 aliphatic carbocycles. The molecule has 7 heteroatoms. The number of rotatable bonds is 6. The summed E-state index contributed by atoms with van der Waals surface area (Å²) in [6.45, 7) is 14.1. The number of esters is 1. The van der Waals surface area contributed by atoms with Crippen molar-refractivity contribution in [3.8, 4) is 0 Å². The van der Waals surface area contributed by atoms with Gasteiger partial charge in [0.25, 0.3) is 0 Å².